The molecule has 1 rings (SSSR count). The van der Waals surface area contributed by atoms with Crippen LogP contribution >= 0.6 is 0 Å². The molecule has 6 nitrogen and oxygen atoms in total. The summed E-state index contributed by atoms with van der Waals surface area (Å²) in [5, 5.41) is 5.29. The second-order valence-electron chi connectivity index (χ2n) is 3.88. The van der Waals surface area contributed by atoms with E-state index in [1.54, 1.807) is 19.2 Å². The van der Waals surface area contributed by atoms with Gasteiger partial charge in [0.1, 0.15) is 5.75 Å². The summed E-state index contributed by atoms with van der Waals surface area (Å²) < 4.78 is 9.72. The Balaban J connectivity index is 2.72. The van der Waals surface area contributed by atoms with Gasteiger partial charge in [-0.05, 0) is 30.2 Å². The fraction of sp³-hybridized carbons (Fsp3) is 0.385. The average molecular weight is 266 g/mol. The van der Waals surface area contributed by atoms with Crippen molar-refractivity contribution in [2.24, 2.45) is 0 Å². The molecule has 0 aromatic heterocycles. The van der Waals surface area contributed by atoms with Gasteiger partial charge in [-0.25, -0.2) is 4.79 Å². The fourth-order valence-corrected chi connectivity index (χ4v) is 1.63. The van der Waals surface area contributed by atoms with E-state index in [1.807, 2.05) is 6.07 Å². The molecule has 0 saturated heterocycles. The number of benzene rings is 1. The molecule has 0 atom stereocenters. The normalized spacial score (nSPS) is 9.63. The lowest BCUT2D eigenvalue weighted by Gasteiger charge is -2.11. The average Bonchev–Trinajstić information content (AvgIpc) is 2.38. The number of hydrogen-bond donors (Lipinski definition) is 2. The monoisotopic (exact) mass is 266 g/mol. The maximum Gasteiger partial charge on any atom is 0.406 e. The number of methoxy groups -OCH3 is 2. The van der Waals surface area contributed by atoms with Gasteiger partial charge in [-0.2, -0.15) is 0 Å². The zero-order chi connectivity index (χ0) is 14.3. The molecule has 2 N–H and O–H groups in total. The van der Waals surface area contributed by atoms with Crippen LogP contribution in [0.3, 0.4) is 0 Å². The topological polar surface area (TPSA) is 76.7 Å². The highest BCUT2D eigenvalue weighted by Crippen LogP contribution is 2.22. The minimum atomic E-state index is -0.475. The van der Waals surface area contributed by atoms with Crippen molar-refractivity contribution in [3.8, 4) is 5.75 Å². The van der Waals surface area contributed by atoms with Crippen LogP contribution in [0.15, 0.2) is 18.2 Å². The van der Waals surface area contributed by atoms with Crippen LogP contribution in [0.4, 0.5) is 10.5 Å². The van der Waals surface area contributed by atoms with Crippen molar-refractivity contribution in [3.63, 3.8) is 0 Å². The third kappa shape index (κ3) is 4.87. The minimum absolute atomic E-state index is 0.135. The first-order chi connectivity index (χ1) is 9.06. The molecule has 2 amide bonds. The second kappa shape index (κ2) is 7.25. The van der Waals surface area contributed by atoms with Gasteiger partial charge in [0.05, 0.1) is 14.2 Å². The van der Waals surface area contributed by atoms with E-state index in [0.717, 1.165) is 5.56 Å². The quantitative estimate of drug-likeness (QED) is 0.847. The Hall–Kier alpha value is -2.24. The SMILES string of the molecule is COC(=O)NCCc1cc(NC(C)=O)ccc1OC. The molecule has 1 aromatic carbocycles. The zero-order valence-electron chi connectivity index (χ0n) is 11.3. The summed E-state index contributed by atoms with van der Waals surface area (Å²) >= 11 is 0. The molecule has 0 fully saturated rings. The molecular formula is C13H18N2O4. The fourth-order valence-electron chi connectivity index (χ4n) is 1.63. The van der Waals surface area contributed by atoms with E-state index < -0.39 is 6.09 Å². The first kappa shape index (κ1) is 14.8. The van der Waals surface area contributed by atoms with Gasteiger partial charge in [-0.3, -0.25) is 4.79 Å². The van der Waals surface area contributed by atoms with Crippen LogP contribution in [0.1, 0.15) is 12.5 Å². The van der Waals surface area contributed by atoms with Gasteiger partial charge in [0, 0.05) is 19.2 Å². The van der Waals surface area contributed by atoms with Gasteiger partial charge in [-0.15, -0.1) is 0 Å². The van der Waals surface area contributed by atoms with E-state index in [-0.39, 0.29) is 5.91 Å². The highest BCUT2D eigenvalue weighted by atomic mass is 16.5. The number of alkyl carbamates (subject to hydrolysis) is 1. The number of amides is 2. The third-order valence-electron chi connectivity index (χ3n) is 2.45. The third-order valence-corrected chi connectivity index (χ3v) is 2.45. The number of hydrogen-bond acceptors (Lipinski definition) is 4. The van der Waals surface area contributed by atoms with Gasteiger partial charge in [0.2, 0.25) is 5.91 Å². The Bertz CT molecular complexity index is 460. The summed E-state index contributed by atoms with van der Waals surface area (Å²) in [6.45, 7) is 1.87. The zero-order valence-corrected chi connectivity index (χ0v) is 11.3. The molecule has 0 heterocycles. The van der Waals surface area contributed by atoms with Crippen LogP contribution in [0.5, 0.6) is 5.75 Å². The predicted molar refractivity (Wildman–Crippen MR) is 71.4 cm³/mol. The summed E-state index contributed by atoms with van der Waals surface area (Å²) in [7, 11) is 2.89. The van der Waals surface area contributed by atoms with Gasteiger partial charge in [0.15, 0.2) is 0 Å². The Labute approximate surface area is 112 Å². The van der Waals surface area contributed by atoms with E-state index in [4.69, 9.17) is 4.74 Å². The molecule has 0 saturated carbocycles. The van der Waals surface area contributed by atoms with Gasteiger partial charge in [-0.1, -0.05) is 0 Å². The molecule has 0 unspecified atom stereocenters. The molecule has 0 spiro atoms. The summed E-state index contributed by atoms with van der Waals surface area (Å²) in [5.74, 6) is 0.574. The Morgan fingerprint density at radius 3 is 2.58 bits per heavy atom. The van der Waals surface area contributed by atoms with Crippen LogP contribution in [-0.2, 0) is 16.0 Å². The maximum absolute atomic E-state index is 11.0. The summed E-state index contributed by atoms with van der Waals surface area (Å²) in [5.41, 5.74) is 1.59. The first-order valence-electron chi connectivity index (χ1n) is 5.83. The number of carbonyl (C=O) groups excluding carboxylic acids is 2. The van der Waals surface area contributed by atoms with E-state index >= 15 is 0 Å². The molecule has 0 aliphatic heterocycles. The van der Waals surface area contributed by atoms with Crippen LogP contribution in [0, 0.1) is 0 Å². The number of ether oxygens (including phenoxy) is 2. The lowest BCUT2D eigenvalue weighted by atomic mass is 10.1. The highest BCUT2D eigenvalue weighted by Gasteiger charge is 2.06. The van der Waals surface area contributed by atoms with E-state index in [1.165, 1.54) is 14.0 Å². The molecule has 0 aliphatic carbocycles. The van der Waals surface area contributed by atoms with E-state index in [0.29, 0.717) is 24.4 Å². The van der Waals surface area contributed by atoms with Crippen LogP contribution < -0.4 is 15.4 Å². The lowest BCUT2D eigenvalue weighted by Crippen LogP contribution is -2.25. The first-order valence-corrected chi connectivity index (χ1v) is 5.83. The van der Waals surface area contributed by atoms with Crippen LogP contribution in [0.2, 0.25) is 0 Å². The van der Waals surface area contributed by atoms with Crippen LogP contribution in [-0.4, -0.2) is 32.8 Å². The Morgan fingerprint density at radius 2 is 2.00 bits per heavy atom. The summed E-state index contributed by atoms with van der Waals surface area (Å²) in [6.07, 6.45) is 0.100. The molecule has 104 valence electrons. The van der Waals surface area contributed by atoms with Crippen molar-refractivity contribution in [3.05, 3.63) is 23.8 Å². The van der Waals surface area contributed by atoms with Crippen molar-refractivity contribution in [2.45, 2.75) is 13.3 Å². The number of anilines is 1. The van der Waals surface area contributed by atoms with Crippen molar-refractivity contribution < 1.29 is 19.1 Å². The molecule has 1 aromatic rings. The standard InChI is InChI=1S/C13H18N2O4/c1-9(16)15-11-4-5-12(18-2)10(8-11)6-7-14-13(17)19-3/h4-5,8H,6-7H2,1-3H3,(H,14,17)(H,15,16). The van der Waals surface area contributed by atoms with Crippen molar-refractivity contribution >= 4 is 17.7 Å². The van der Waals surface area contributed by atoms with Crippen LogP contribution in [0.25, 0.3) is 0 Å². The number of carbonyl (C=O) groups is 2. The van der Waals surface area contributed by atoms with Crippen molar-refractivity contribution in [2.75, 3.05) is 26.1 Å². The maximum atomic E-state index is 11.0. The molecule has 0 aliphatic rings. The molecule has 19 heavy (non-hydrogen) atoms. The lowest BCUT2D eigenvalue weighted by molar-refractivity contribution is -0.114. The minimum Gasteiger partial charge on any atom is -0.496 e. The second-order valence-corrected chi connectivity index (χ2v) is 3.88. The smallest absolute Gasteiger partial charge is 0.406 e. The Morgan fingerprint density at radius 1 is 1.26 bits per heavy atom. The van der Waals surface area contributed by atoms with Crippen molar-refractivity contribution in [1.82, 2.24) is 5.32 Å². The van der Waals surface area contributed by atoms with E-state index in [2.05, 4.69) is 15.4 Å². The van der Waals surface area contributed by atoms with Gasteiger partial charge >= 0.3 is 6.09 Å². The summed E-state index contributed by atoms with van der Waals surface area (Å²) in [6, 6.07) is 5.36. The molecule has 6 heteroatoms. The molecule has 0 bridgehead atoms. The largest absolute Gasteiger partial charge is 0.496 e. The highest BCUT2D eigenvalue weighted by molar-refractivity contribution is 5.88. The number of rotatable bonds is 5. The van der Waals surface area contributed by atoms with Gasteiger partial charge < -0.3 is 20.1 Å². The molecule has 0 radical (unpaired) electrons. The van der Waals surface area contributed by atoms with Crippen molar-refractivity contribution in [1.29, 1.82) is 0 Å². The Kier molecular flexibility index (Phi) is 5.66. The van der Waals surface area contributed by atoms with Gasteiger partial charge in [0.25, 0.3) is 0 Å². The number of nitrogens with one attached hydrogen (secondary N) is 2. The van der Waals surface area contributed by atoms with E-state index in [9.17, 15) is 9.59 Å². The summed E-state index contributed by atoms with van der Waals surface area (Å²) in [4.78, 5) is 22.0. The molecular weight excluding hydrogens is 248 g/mol. The predicted octanol–water partition coefficient (Wildman–Crippen LogP) is 1.55.